The van der Waals surface area contributed by atoms with Crippen molar-refractivity contribution in [1.82, 2.24) is 4.72 Å². The summed E-state index contributed by atoms with van der Waals surface area (Å²) in [6.45, 7) is 4.47. The number of hydrogen-bond donors (Lipinski definition) is 1. The SMILES string of the molecule is COc1cc(C)c(S(=O)(=O)NCc2ccc(F)c(F)c2F)c(C)c1C. The molecule has 0 saturated carbocycles. The van der Waals surface area contributed by atoms with Crippen LogP contribution >= 0.6 is 0 Å². The highest BCUT2D eigenvalue weighted by atomic mass is 32.2. The van der Waals surface area contributed by atoms with Gasteiger partial charge in [0.2, 0.25) is 10.0 Å². The van der Waals surface area contributed by atoms with Gasteiger partial charge in [0, 0.05) is 12.1 Å². The zero-order valence-electron chi connectivity index (χ0n) is 14.2. The molecule has 25 heavy (non-hydrogen) atoms. The fourth-order valence-electron chi connectivity index (χ4n) is 2.59. The number of hydrogen-bond acceptors (Lipinski definition) is 3. The number of halogens is 3. The molecule has 0 aliphatic carbocycles. The molecule has 1 N–H and O–H groups in total. The molecule has 0 bridgehead atoms. The van der Waals surface area contributed by atoms with E-state index in [4.69, 9.17) is 4.74 Å². The van der Waals surface area contributed by atoms with Gasteiger partial charge in [0.1, 0.15) is 5.75 Å². The largest absolute Gasteiger partial charge is 0.496 e. The predicted molar refractivity (Wildman–Crippen MR) is 87.5 cm³/mol. The number of rotatable bonds is 5. The molecule has 0 atom stereocenters. The van der Waals surface area contributed by atoms with Crippen molar-refractivity contribution in [1.29, 1.82) is 0 Å². The molecule has 0 spiro atoms. The molecular formula is C17H18F3NO3S. The summed E-state index contributed by atoms with van der Waals surface area (Å²) in [7, 11) is -2.51. The van der Waals surface area contributed by atoms with Gasteiger partial charge in [0.15, 0.2) is 17.5 Å². The fourth-order valence-corrected chi connectivity index (χ4v) is 4.12. The Morgan fingerprint density at radius 3 is 2.28 bits per heavy atom. The van der Waals surface area contributed by atoms with Crippen molar-refractivity contribution < 1.29 is 26.3 Å². The second kappa shape index (κ2) is 7.05. The molecule has 0 unspecified atom stereocenters. The summed E-state index contributed by atoms with van der Waals surface area (Å²) in [6.07, 6.45) is 0. The zero-order valence-corrected chi connectivity index (χ0v) is 15.0. The third-order valence-corrected chi connectivity index (χ3v) is 5.72. The number of nitrogens with one attached hydrogen (secondary N) is 1. The highest BCUT2D eigenvalue weighted by molar-refractivity contribution is 7.89. The molecule has 0 heterocycles. The molecule has 2 rings (SSSR count). The average Bonchev–Trinajstić information content (AvgIpc) is 2.55. The molecule has 2 aromatic rings. The van der Waals surface area contributed by atoms with Gasteiger partial charge in [-0.15, -0.1) is 0 Å². The van der Waals surface area contributed by atoms with Crippen LogP contribution in [0, 0.1) is 38.2 Å². The van der Waals surface area contributed by atoms with Crippen LogP contribution in [0.2, 0.25) is 0 Å². The summed E-state index contributed by atoms with van der Waals surface area (Å²) in [5.74, 6) is -3.83. The number of benzene rings is 2. The minimum atomic E-state index is -4.00. The molecule has 0 saturated heterocycles. The topological polar surface area (TPSA) is 55.4 Å². The lowest BCUT2D eigenvalue weighted by Crippen LogP contribution is -2.26. The van der Waals surface area contributed by atoms with E-state index in [-0.39, 0.29) is 10.5 Å². The van der Waals surface area contributed by atoms with Crippen LogP contribution in [0.5, 0.6) is 5.75 Å². The van der Waals surface area contributed by atoms with Crippen LogP contribution in [-0.2, 0) is 16.6 Å². The summed E-state index contributed by atoms with van der Waals surface area (Å²) < 4.78 is 72.6. The number of methoxy groups -OCH3 is 1. The first kappa shape index (κ1) is 19.3. The van der Waals surface area contributed by atoms with Crippen molar-refractivity contribution in [3.63, 3.8) is 0 Å². The van der Waals surface area contributed by atoms with Gasteiger partial charge in [0.05, 0.1) is 12.0 Å². The molecular weight excluding hydrogens is 355 g/mol. The number of ether oxygens (including phenoxy) is 1. The third kappa shape index (κ3) is 3.64. The minimum Gasteiger partial charge on any atom is -0.496 e. The third-order valence-electron chi connectivity index (χ3n) is 4.03. The lowest BCUT2D eigenvalue weighted by Gasteiger charge is -2.17. The maximum absolute atomic E-state index is 13.7. The van der Waals surface area contributed by atoms with E-state index in [0.717, 1.165) is 12.1 Å². The van der Waals surface area contributed by atoms with Crippen molar-refractivity contribution in [2.45, 2.75) is 32.2 Å². The molecule has 8 heteroatoms. The predicted octanol–water partition coefficient (Wildman–Crippen LogP) is 3.52. The Morgan fingerprint density at radius 2 is 1.68 bits per heavy atom. The van der Waals surface area contributed by atoms with Crippen molar-refractivity contribution in [2.24, 2.45) is 0 Å². The zero-order chi connectivity index (χ0) is 18.9. The van der Waals surface area contributed by atoms with Gasteiger partial charge in [-0.1, -0.05) is 6.07 Å². The van der Waals surface area contributed by atoms with Gasteiger partial charge in [0.25, 0.3) is 0 Å². The Morgan fingerprint density at radius 1 is 1.04 bits per heavy atom. The standard InChI is InChI=1S/C17H18F3NO3S/c1-9-7-14(24-4)10(2)11(3)17(9)25(22,23)21-8-12-5-6-13(18)16(20)15(12)19/h5-7,21H,8H2,1-4H3. The summed E-state index contributed by atoms with van der Waals surface area (Å²) in [5, 5.41) is 0. The number of sulfonamides is 1. The van der Waals surface area contributed by atoms with Crippen LogP contribution in [0.4, 0.5) is 13.2 Å². The summed E-state index contributed by atoms with van der Waals surface area (Å²) >= 11 is 0. The average molecular weight is 373 g/mol. The van der Waals surface area contributed by atoms with Crippen LogP contribution in [0.25, 0.3) is 0 Å². The van der Waals surface area contributed by atoms with E-state index in [0.29, 0.717) is 22.4 Å². The summed E-state index contributed by atoms with van der Waals surface area (Å²) in [5.41, 5.74) is 1.32. The van der Waals surface area contributed by atoms with E-state index in [1.54, 1.807) is 26.8 Å². The first-order valence-electron chi connectivity index (χ1n) is 7.37. The summed E-state index contributed by atoms with van der Waals surface area (Å²) in [4.78, 5) is 0.0498. The van der Waals surface area contributed by atoms with Gasteiger partial charge in [-0.2, -0.15) is 0 Å². The smallest absolute Gasteiger partial charge is 0.241 e. The van der Waals surface area contributed by atoms with Gasteiger partial charge in [-0.25, -0.2) is 26.3 Å². The first-order chi connectivity index (χ1) is 11.6. The summed E-state index contributed by atoms with van der Waals surface area (Å²) in [6, 6.07) is 3.33. The molecule has 0 aliphatic rings. The number of aryl methyl sites for hydroxylation is 1. The van der Waals surface area contributed by atoms with Crippen molar-refractivity contribution in [3.8, 4) is 5.75 Å². The highest BCUT2D eigenvalue weighted by Gasteiger charge is 2.23. The Balaban J connectivity index is 2.38. The van der Waals surface area contributed by atoms with Crippen LogP contribution < -0.4 is 9.46 Å². The van der Waals surface area contributed by atoms with Gasteiger partial charge in [-0.3, -0.25) is 0 Å². The van der Waals surface area contributed by atoms with Crippen LogP contribution in [-0.4, -0.2) is 15.5 Å². The lowest BCUT2D eigenvalue weighted by molar-refractivity contribution is 0.410. The minimum absolute atomic E-state index is 0.0498. The highest BCUT2D eigenvalue weighted by Crippen LogP contribution is 2.30. The molecule has 0 aromatic heterocycles. The quantitative estimate of drug-likeness (QED) is 0.816. The molecule has 0 radical (unpaired) electrons. The molecule has 2 aromatic carbocycles. The molecule has 0 amide bonds. The molecule has 136 valence electrons. The van der Waals surface area contributed by atoms with Crippen molar-refractivity contribution >= 4 is 10.0 Å². The van der Waals surface area contributed by atoms with Crippen LogP contribution in [0.15, 0.2) is 23.1 Å². The Bertz CT molecular complexity index is 927. The van der Waals surface area contributed by atoms with Crippen molar-refractivity contribution in [3.05, 3.63) is 57.9 Å². The van der Waals surface area contributed by atoms with E-state index in [1.165, 1.54) is 7.11 Å². The second-order valence-corrected chi connectivity index (χ2v) is 7.34. The van der Waals surface area contributed by atoms with Crippen molar-refractivity contribution in [2.75, 3.05) is 7.11 Å². The normalized spacial score (nSPS) is 11.6. The van der Waals surface area contributed by atoms with Crippen LogP contribution in [0.3, 0.4) is 0 Å². The van der Waals surface area contributed by atoms with Gasteiger partial charge >= 0.3 is 0 Å². The van der Waals surface area contributed by atoms with E-state index >= 15 is 0 Å². The van der Waals surface area contributed by atoms with Gasteiger partial charge < -0.3 is 4.74 Å². The molecule has 0 fully saturated rings. The molecule has 0 aliphatic heterocycles. The maximum atomic E-state index is 13.7. The Labute approximate surface area is 144 Å². The van der Waals surface area contributed by atoms with E-state index in [9.17, 15) is 21.6 Å². The van der Waals surface area contributed by atoms with E-state index in [1.807, 2.05) is 0 Å². The first-order valence-corrected chi connectivity index (χ1v) is 8.85. The maximum Gasteiger partial charge on any atom is 0.241 e. The monoisotopic (exact) mass is 373 g/mol. The molecule has 4 nitrogen and oxygen atoms in total. The lowest BCUT2D eigenvalue weighted by atomic mass is 10.1. The van der Waals surface area contributed by atoms with E-state index in [2.05, 4.69) is 4.72 Å². The van der Waals surface area contributed by atoms with Gasteiger partial charge in [-0.05, 0) is 49.6 Å². The second-order valence-electron chi connectivity index (χ2n) is 5.63. The van der Waals surface area contributed by atoms with Crippen LogP contribution in [0.1, 0.15) is 22.3 Å². The fraction of sp³-hybridized carbons (Fsp3) is 0.294. The Kier molecular flexibility index (Phi) is 5.43. The van der Waals surface area contributed by atoms with E-state index < -0.39 is 34.0 Å². The Hall–Kier alpha value is -2.06.